The Morgan fingerprint density at radius 2 is 2.23 bits per heavy atom. The number of aromatic nitrogens is 3. The lowest BCUT2D eigenvalue weighted by Crippen LogP contribution is -2.11. The lowest BCUT2D eigenvalue weighted by Gasteiger charge is -2.03. The van der Waals surface area contributed by atoms with Crippen molar-refractivity contribution in [2.24, 2.45) is 0 Å². The molecule has 0 aliphatic heterocycles. The average Bonchev–Trinajstić information content (AvgIpc) is 2.03. The number of nitrogen functional groups attached to an aromatic ring is 1. The van der Waals surface area contributed by atoms with Crippen molar-refractivity contribution in [2.45, 2.75) is 0 Å². The first-order chi connectivity index (χ1) is 6.22. The molecule has 3 N–H and O–H groups in total. The molecule has 0 bridgehead atoms. The number of anilines is 2. The minimum absolute atomic E-state index is 0.0763. The molecule has 1 aromatic rings. The number of rotatable bonds is 4. The van der Waals surface area contributed by atoms with Gasteiger partial charge in [-0.15, -0.1) is 0 Å². The molecule has 0 amide bonds. The maximum Gasteiger partial charge on any atom is 0.228 e. The van der Waals surface area contributed by atoms with E-state index in [2.05, 4.69) is 20.3 Å². The van der Waals surface area contributed by atoms with Crippen LogP contribution in [0.4, 0.5) is 11.9 Å². The van der Waals surface area contributed by atoms with Gasteiger partial charge >= 0.3 is 0 Å². The summed E-state index contributed by atoms with van der Waals surface area (Å²) < 4.78 is 4.83. The van der Waals surface area contributed by atoms with Crippen LogP contribution in [0.5, 0.6) is 0 Å². The molecular formula is C6H10ClN5O. The van der Waals surface area contributed by atoms with Crippen molar-refractivity contribution in [3.8, 4) is 0 Å². The van der Waals surface area contributed by atoms with Gasteiger partial charge in [-0.1, -0.05) is 0 Å². The fraction of sp³-hybridized carbons (Fsp3) is 0.500. The molecule has 7 heteroatoms. The first-order valence-corrected chi connectivity index (χ1v) is 4.00. The molecule has 72 valence electrons. The molecule has 0 aliphatic carbocycles. The van der Waals surface area contributed by atoms with E-state index in [0.717, 1.165) is 0 Å². The van der Waals surface area contributed by atoms with Crippen molar-refractivity contribution in [1.29, 1.82) is 0 Å². The fourth-order valence-electron chi connectivity index (χ4n) is 0.709. The van der Waals surface area contributed by atoms with Gasteiger partial charge in [0.05, 0.1) is 6.61 Å². The van der Waals surface area contributed by atoms with Crippen LogP contribution in [-0.4, -0.2) is 35.2 Å². The van der Waals surface area contributed by atoms with Gasteiger partial charge in [0.25, 0.3) is 0 Å². The third kappa shape index (κ3) is 3.39. The van der Waals surface area contributed by atoms with Gasteiger partial charge in [0, 0.05) is 13.7 Å². The predicted molar refractivity (Wildman–Crippen MR) is 49.6 cm³/mol. The highest BCUT2D eigenvalue weighted by molar-refractivity contribution is 6.28. The second-order valence-electron chi connectivity index (χ2n) is 2.21. The number of halogens is 1. The Morgan fingerprint density at radius 1 is 1.46 bits per heavy atom. The molecule has 0 radical (unpaired) electrons. The van der Waals surface area contributed by atoms with Gasteiger partial charge in [-0.3, -0.25) is 0 Å². The minimum atomic E-state index is 0.0763. The molecule has 0 unspecified atom stereocenters. The van der Waals surface area contributed by atoms with Crippen molar-refractivity contribution >= 4 is 23.5 Å². The van der Waals surface area contributed by atoms with Gasteiger partial charge in [0.15, 0.2) is 0 Å². The molecular weight excluding hydrogens is 194 g/mol. The third-order valence-corrected chi connectivity index (χ3v) is 1.38. The summed E-state index contributed by atoms with van der Waals surface area (Å²) in [5.74, 6) is 0.453. The van der Waals surface area contributed by atoms with E-state index in [0.29, 0.717) is 19.1 Å². The SMILES string of the molecule is COCCNc1nc(N)nc(Cl)n1. The van der Waals surface area contributed by atoms with E-state index < -0.39 is 0 Å². The zero-order valence-electron chi connectivity index (χ0n) is 7.12. The highest BCUT2D eigenvalue weighted by Gasteiger charge is 2.00. The summed E-state index contributed by atoms with van der Waals surface area (Å²) in [6, 6.07) is 0. The number of nitrogens with one attached hydrogen (secondary N) is 1. The molecule has 1 aromatic heterocycles. The topological polar surface area (TPSA) is 86.0 Å². The van der Waals surface area contributed by atoms with Crippen LogP contribution in [0.2, 0.25) is 5.28 Å². The van der Waals surface area contributed by atoms with E-state index in [1.165, 1.54) is 0 Å². The number of nitrogens with two attached hydrogens (primary N) is 1. The molecule has 1 heterocycles. The number of ether oxygens (including phenoxy) is 1. The van der Waals surface area contributed by atoms with Crippen LogP contribution in [0.15, 0.2) is 0 Å². The lowest BCUT2D eigenvalue weighted by molar-refractivity contribution is 0.210. The van der Waals surface area contributed by atoms with Crippen LogP contribution in [0.25, 0.3) is 0 Å². The van der Waals surface area contributed by atoms with Gasteiger partial charge in [0.2, 0.25) is 17.2 Å². The van der Waals surface area contributed by atoms with Crippen molar-refractivity contribution in [3.05, 3.63) is 5.28 Å². The van der Waals surface area contributed by atoms with Gasteiger partial charge < -0.3 is 15.8 Å². The highest BCUT2D eigenvalue weighted by atomic mass is 35.5. The zero-order valence-corrected chi connectivity index (χ0v) is 7.88. The van der Waals surface area contributed by atoms with Gasteiger partial charge in [-0.25, -0.2) is 0 Å². The zero-order chi connectivity index (χ0) is 9.68. The van der Waals surface area contributed by atoms with Crippen molar-refractivity contribution in [2.75, 3.05) is 31.3 Å². The standard InChI is InChI=1S/C6H10ClN5O/c1-13-3-2-9-6-11-4(7)10-5(8)12-6/h2-3H2,1H3,(H3,8,9,10,11,12). The summed E-state index contributed by atoms with van der Waals surface area (Å²) in [5.41, 5.74) is 5.35. The number of methoxy groups -OCH3 is 1. The number of hydrogen-bond acceptors (Lipinski definition) is 6. The van der Waals surface area contributed by atoms with E-state index in [-0.39, 0.29) is 11.2 Å². The quantitative estimate of drug-likeness (QED) is 0.679. The molecule has 0 atom stereocenters. The summed E-state index contributed by atoms with van der Waals surface area (Å²) in [6.07, 6.45) is 0. The third-order valence-electron chi connectivity index (χ3n) is 1.21. The Morgan fingerprint density at radius 3 is 2.85 bits per heavy atom. The summed E-state index contributed by atoms with van der Waals surface area (Å²) in [7, 11) is 1.61. The maximum atomic E-state index is 5.55. The molecule has 0 aliphatic rings. The average molecular weight is 204 g/mol. The van der Waals surface area contributed by atoms with E-state index in [9.17, 15) is 0 Å². The molecule has 0 fully saturated rings. The molecule has 0 spiro atoms. The van der Waals surface area contributed by atoms with E-state index in [1.54, 1.807) is 7.11 Å². The first-order valence-electron chi connectivity index (χ1n) is 3.62. The van der Waals surface area contributed by atoms with Crippen LogP contribution in [0, 0.1) is 0 Å². The normalized spacial score (nSPS) is 10.0. The lowest BCUT2D eigenvalue weighted by atomic mass is 10.7. The van der Waals surface area contributed by atoms with Gasteiger partial charge in [-0.05, 0) is 11.6 Å². The summed E-state index contributed by atoms with van der Waals surface area (Å²) in [5, 5.41) is 2.95. The van der Waals surface area contributed by atoms with Crippen molar-refractivity contribution in [1.82, 2.24) is 15.0 Å². The van der Waals surface area contributed by atoms with Gasteiger partial charge in [-0.2, -0.15) is 15.0 Å². The maximum absolute atomic E-state index is 5.55. The van der Waals surface area contributed by atoms with Crippen molar-refractivity contribution < 1.29 is 4.74 Å². The van der Waals surface area contributed by atoms with E-state index in [1.807, 2.05) is 0 Å². The second kappa shape index (κ2) is 4.78. The molecule has 0 aromatic carbocycles. The summed E-state index contributed by atoms with van der Waals surface area (Å²) in [6.45, 7) is 1.15. The largest absolute Gasteiger partial charge is 0.383 e. The van der Waals surface area contributed by atoms with Crippen LogP contribution in [-0.2, 0) is 4.74 Å². The van der Waals surface area contributed by atoms with Crippen LogP contribution >= 0.6 is 11.6 Å². The molecule has 1 rings (SSSR count). The number of nitrogens with zero attached hydrogens (tertiary/aromatic N) is 3. The highest BCUT2D eigenvalue weighted by Crippen LogP contribution is 2.05. The smallest absolute Gasteiger partial charge is 0.228 e. The Kier molecular flexibility index (Phi) is 3.66. The second-order valence-corrected chi connectivity index (χ2v) is 2.54. The van der Waals surface area contributed by atoms with Crippen LogP contribution < -0.4 is 11.1 Å². The van der Waals surface area contributed by atoms with Crippen LogP contribution in [0.3, 0.4) is 0 Å². The molecule has 13 heavy (non-hydrogen) atoms. The predicted octanol–water partition coefficient (Wildman–Crippen LogP) is 0.165. The van der Waals surface area contributed by atoms with Crippen LogP contribution in [0.1, 0.15) is 0 Å². The molecule has 0 saturated heterocycles. The molecule has 0 saturated carbocycles. The fourth-order valence-corrected chi connectivity index (χ4v) is 0.876. The Balaban J connectivity index is 2.56. The summed E-state index contributed by atoms with van der Waals surface area (Å²) >= 11 is 5.55. The van der Waals surface area contributed by atoms with E-state index in [4.69, 9.17) is 22.1 Å². The monoisotopic (exact) mass is 203 g/mol. The number of hydrogen-bond donors (Lipinski definition) is 2. The molecule has 6 nitrogen and oxygen atoms in total. The Hall–Kier alpha value is -1.14. The Labute approximate surface area is 80.5 Å². The summed E-state index contributed by atoms with van der Waals surface area (Å²) in [4.78, 5) is 11.2. The van der Waals surface area contributed by atoms with E-state index >= 15 is 0 Å². The first kappa shape index (κ1) is 9.94. The minimum Gasteiger partial charge on any atom is -0.383 e. The van der Waals surface area contributed by atoms with Crippen molar-refractivity contribution in [3.63, 3.8) is 0 Å². The Bertz CT molecular complexity index is 261. The van der Waals surface area contributed by atoms with Gasteiger partial charge in [0.1, 0.15) is 0 Å².